The summed E-state index contributed by atoms with van der Waals surface area (Å²) in [5, 5.41) is 0. The predicted molar refractivity (Wildman–Crippen MR) is 56.7 cm³/mol. The van der Waals surface area contributed by atoms with E-state index in [-0.39, 0.29) is 23.4 Å². The summed E-state index contributed by atoms with van der Waals surface area (Å²) in [6, 6.07) is 0. The molecule has 3 rings (SSSR count). The Labute approximate surface area is 94.6 Å². The van der Waals surface area contributed by atoms with Crippen molar-refractivity contribution in [3.63, 3.8) is 0 Å². The summed E-state index contributed by atoms with van der Waals surface area (Å²) in [7, 11) is 0. The number of ketones is 3. The second kappa shape index (κ2) is 3.51. The van der Waals surface area contributed by atoms with E-state index < -0.39 is 5.78 Å². The van der Waals surface area contributed by atoms with Crippen molar-refractivity contribution in [2.24, 2.45) is 23.7 Å². The van der Waals surface area contributed by atoms with Crippen molar-refractivity contribution in [3.8, 4) is 0 Å². The van der Waals surface area contributed by atoms with Gasteiger partial charge in [0.1, 0.15) is 0 Å². The van der Waals surface area contributed by atoms with Crippen LogP contribution < -0.4 is 0 Å². The number of Topliss-reactive ketones (excluding diaryl/α,β-unsaturated/α-hetero) is 3. The maximum Gasteiger partial charge on any atom is 0.264 e. The Morgan fingerprint density at radius 1 is 0.750 bits per heavy atom. The van der Waals surface area contributed by atoms with Crippen molar-refractivity contribution < 1.29 is 14.4 Å². The minimum atomic E-state index is -0.714. The quantitative estimate of drug-likeness (QED) is 0.582. The summed E-state index contributed by atoms with van der Waals surface area (Å²) >= 11 is 0. The summed E-state index contributed by atoms with van der Waals surface area (Å²) in [5.74, 6) is -0.805. The summed E-state index contributed by atoms with van der Waals surface area (Å²) < 4.78 is 0. The second-order valence-electron chi connectivity index (χ2n) is 5.55. The fourth-order valence-electron chi connectivity index (χ4n) is 3.92. The highest BCUT2D eigenvalue weighted by Crippen LogP contribution is 2.47. The lowest BCUT2D eigenvalue weighted by Crippen LogP contribution is -2.35. The SMILES string of the molecule is O=C1C(=O)C2CC3CCCCC3CC2C1=O. The Bertz CT molecular complexity index is 337. The van der Waals surface area contributed by atoms with E-state index in [0.717, 1.165) is 12.8 Å². The third-order valence-corrected chi connectivity index (χ3v) is 4.79. The molecule has 0 aromatic carbocycles. The van der Waals surface area contributed by atoms with Gasteiger partial charge in [0.25, 0.3) is 5.78 Å². The molecule has 0 aromatic rings. The number of carbonyl (C=O) groups is 3. The van der Waals surface area contributed by atoms with Gasteiger partial charge in [-0.25, -0.2) is 0 Å². The molecule has 0 heterocycles. The topological polar surface area (TPSA) is 51.2 Å². The van der Waals surface area contributed by atoms with Gasteiger partial charge in [0.05, 0.1) is 0 Å². The molecule has 0 aromatic heterocycles. The van der Waals surface area contributed by atoms with Crippen molar-refractivity contribution in [2.75, 3.05) is 0 Å². The fourth-order valence-corrected chi connectivity index (χ4v) is 3.92. The maximum absolute atomic E-state index is 11.7. The van der Waals surface area contributed by atoms with E-state index in [1.165, 1.54) is 25.7 Å². The highest BCUT2D eigenvalue weighted by molar-refractivity contribution is 6.68. The Hall–Kier alpha value is -0.990. The van der Waals surface area contributed by atoms with Gasteiger partial charge in [-0.2, -0.15) is 0 Å². The summed E-state index contributed by atoms with van der Waals surface area (Å²) in [5.41, 5.74) is 0. The van der Waals surface area contributed by atoms with Gasteiger partial charge in [0.2, 0.25) is 11.6 Å². The molecule has 0 amide bonds. The van der Waals surface area contributed by atoms with Crippen LogP contribution in [0.15, 0.2) is 0 Å². The average molecular weight is 220 g/mol. The van der Waals surface area contributed by atoms with Crippen LogP contribution in [0.5, 0.6) is 0 Å². The number of fused-ring (bicyclic) bond motifs is 2. The summed E-state index contributed by atoms with van der Waals surface area (Å²) in [4.78, 5) is 34.7. The van der Waals surface area contributed by atoms with Crippen LogP contribution in [-0.2, 0) is 14.4 Å². The first kappa shape index (κ1) is 10.2. The summed E-state index contributed by atoms with van der Waals surface area (Å²) in [6.07, 6.45) is 6.45. The Balaban J connectivity index is 1.86. The number of hydrogen-bond acceptors (Lipinski definition) is 3. The van der Waals surface area contributed by atoms with Crippen LogP contribution in [0.4, 0.5) is 0 Å². The molecule has 0 N–H and O–H groups in total. The van der Waals surface area contributed by atoms with E-state index in [9.17, 15) is 14.4 Å². The standard InChI is InChI=1S/C13H16O3/c14-11-9-5-7-3-1-2-4-8(7)6-10(9)12(15)13(11)16/h7-10H,1-6H2. The molecule has 3 aliphatic rings. The monoisotopic (exact) mass is 220 g/mol. The molecule has 0 spiro atoms. The number of rotatable bonds is 0. The van der Waals surface area contributed by atoms with Gasteiger partial charge in [-0.3, -0.25) is 14.4 Å². The third kappa shape index (κ3) is 1.30. The maximum atomic E-state index is 11.7. The molecule has 16 heavy (non-hydrogen) atoms. The predicted octanol–water partition coefficient (Wildman–Crippen LogP) is 1.54. The van der Waals surface area contributed by atoms with E-state index in [4.69, 9.17) is 0 Å². The van der Waals surface area contributed by atoms with Gasteiger partial charge in [0.15, 0.2) is 0 Å². The normalized spacial score (nSPS) is 43.1. The molecule has 0 saturated heterocycles. The molecule has 3 aliphatic carbocycles. The van der Waals surface area contributed by atoms with E-state index in [1.54, 1.807) is 0 Å². The zero-order valence-electron chi connectivity index (χ0n) is 9.28. The molecule has 4 atom stereocenters. The van der Waals surface area contributed by atoms with Crippen molar-refractivity contribution >= 4 is 17.3 Å². The lowest BCUT2D eigenvalue weighted by molar-refractivity contribution is -0.141. The largest absolute Gasteiger partial charge is 0.290 e. The van der Waals surface area contributed by atoms with Crippen molar-refractivity contribution in [1.82, 2.24) is 0 Å². The molecule has 86 valence electrons. The molecular weight excluding hydrogens is 204 g/mol. The molecule has 0 radical (unpaired) electrons. The van der Waals surface area contributed by atoms with Crippen molar-refractivity contribution in [1.29, 1.82) is 0 Å². The number of carbonyl (C=O) groups excluding carboxylic acids is 3. The van der Waals surface area contributed by atoms with Crippen LogP contribution in [0.3, 0.4) is 0 Å². The third-order valence-electron chi connectivity index (χ3n) is 4.79. The molecule has 4 unspecified atom stereocenters. The Morgan fingerprint density at radius 2 is 1.19 bits per heavy atom. The highest BCUT2D eigenvalue weighted by atomic mass is 16.2. The van der Waals surface area contributed by atoms with Gasteiger partial charge in [-0.15, -0.1) is 0 Å². The van der Waals surface area contributed by atoms with Crippen LogP contribution in [-0.4, -0.2) is 17.3 Å². The second-order valence-corrected chi connectivity index (χ2v) is 5.55. The summed E-state index contributed by atoms with van der Waals surface area (Å²) in [6.45, 7) is 0. The van der Waals surface area contributed by atoms with Crippen LogP contribution >= 0.6 is 0 Å². The van der Waals surface area contributed by atoms with Gasteiger partial charge < -0.3 is 0 Å². The number of hydrogen-bond donors (Lipinski definition) is 0. The average Bonchev–Trinajstić information content (AvgIpc) is 2.52. The lowest BCUT2D eigenvalue weighted by atomic mass is 9.64. The first-order valence-corrected chi connectivity index (χ1v) is 6.31. The minimum Gasteiger partial charge on any atom is -0.290 e. The van der Waals surface area contributed by atoms with Gasteiger partial charge in [-0.1, -0.05) is 25.7 Å². The first-order chi connectivity index (χ1) is 7.68. The fraction of sp³-hybridized carbons (Fsp3) is 0.769. The van der Waals surface area contributed by atoms with E-state index in [1.807, 2.05) is 0 Å². The molecule has 3 heteroatoms. The van der Waals surface area contributed by atoms with Crippen molar-refractivity contribution in [2.45, 2.75) is 38.5 Å². The van der Waals surface area contributed by atoms with E-state index in [2.05, 4.69) is 0 Å². The minimum absolute atomic E-state index is 0.251. The van der Waals surface area contributed by atoms with Crippen LogP contribution in [0.2, 0.25) is 0 Å². The molecule has 0 bridgehead atoms. The lowest BCUT2D eigenvalue weighted by Gasteiger charge is -2.39. The van der Waals surface area contributed by atoms with E-state index in [0.29, 0.717) is 11.8 Å². The van der Waals surface area contributed by atoms with Crippen LogP contribution in [0.1, 0.15) is 38.5 Å². The van der Waals surface area contributed by atoms with Gasteiger partial charge in [0, 0.05) is 11.8 Å². The molecule has 3 saturated carbocycles. The van der Waals surface area contributed by atoms with Crippen LogP contribution in [0.25, 0.3) is 0 Å². The molecule has 0 aliphatic heterocycles. The smallest absolute Gasteiger partial charge is 0.264 e. The molecule has 3 nitrogen and oxygen atoms in total. The van der Waals surface area contributed by atoms with Crippen molar-refractivity contribution in [3.05, 3.63) is 0 Å². The first-order valence-electron chi connectivity index (χ1n) is 6.31. The van der Waals surface area contributed by atoms with Gasteiger partial charge >= 0.3 is 0 Å². The van der Waals surface area contributed by atoms with Gasteiger partial charge in [-0.05, 0) is 24.7 Å². The van der Waals surface area contributed by atoms with Crippen LogP contribution in [0, 0.1) is 23.7 Å². The van der Waals surface area contributed by atoms with E-state index >= 15 is 0 Å². The Morgan fingerprint density at radius 3 is 1.62 bits per heavy atom. The molecule has 3 fully saturated rings. The highest BCUT2D eigenvalue weighted by Gasteiger charge is 2.53. The zero-order valence-corrected chi connectivity index (χ0v) is 9.28. The molecular formula is C13H16O3. The Kier molecular flexibility index (Phi) is 2.23. The zero-order chi connectivity index (χ0) is 11.3.